The second kappa shape index (κ2) is 8.83. The Kier molecular flexibility index (Phi) is 6.98. The van der Waals surface area contributed by atoms with Gasteiger partial charge in [-0.2, -0.15) is 0 Å². The number of nitrogens with one attached hydrogen (secondary N) is 1. The van der Waals surface area contributed by atoms with E-state index in [2.05, 4.69) is 10.2 Å². The quantitative estimate of drug-likeness (QED) is 0.847. The number of halogens is 1. The summed E-state index contributed by atoms with van der Waals surface area (Å²) in [5.74, 6) is -0.110. The van der Waals surface area contributed by atoms with Crippen LogP contribution < -0.4 is 10.2 Å². The molecule has 1 atom stereocenters. The highest BCUT2D eigenvalue weighted by Gasteiger charge is 2.32. The molecular formula is C20H30ClN3O3. The maximum absolute atomic E-state index is 13.0. The fourth-order valence-electron chi connectivity index (χ4n) is 3.02. The number of amides is 2. The molecule has 1 aromatic rings. The van der Waals surface area contributed by atoms with Crippen molar-refractivity contribution >= 4 is 29.3 Å². The summed E-state index contributed by atoms with van der Waals surface area (Å²) in [6.45, 7) is 11.8. The van der Waals surface area contributed by atoms with Crippen molar-refractivity contribution in [3.05, 3.63) is 29.3 Å². The molecule has 6 nitrogen and oxygen atoms in total. The van der Waals surface area contributed by atoms with Crippen molar-refractivity contribution in [3.8, 4) is 0 Å². The number of ether oxygens (including phenoxy) is 1. The van der Waals surface area contributed by atoms with Gasteiger partial charge in [0.2, 0.25) is 5.91 Å². The van der Waals surface area contributed by atoms with Crippen LogP contribution in [0.4, 0.5) is 10.5 Å². The van der Waals surface area contributed by atoms with E-state index in [1.54, 1.807) is 25.7 Å². The van der Waals surface area contributed by atoms with E-state index in [0.29, 0.717) is 31.2 Å². The molecular weight excluding hydrogens is 366 g/mol. The molecule has 0 aromatic heterocycles. The number of hydrogen-bond acceptors (Lipinski definition) is 4. The molecule has 1 fully saturated rings. The Hall–Kier alpha value is -1.95. The second-order valence-electron chi connectivity index (χ2n) is 8.13. The SMILES string of the molecule is CC(C)C(NC(=O)OC(C)(C)C)C(=O)N1CCN(c2ccccc2Cl)CC1. The normalized spacial score (nSPS) is 16.3. The van der Waals surface area contributed by atoms with Crippen molar-refractivity contribution in [3.63, 3.8) is 0 Å². The van der Waals surface area contributed by atoms with Crippen molar-refractivity contribution in [2.45, 2.75) is 46.3 Å². The molecule has 1 heterocycles. The first-order valence-corrected chi connectivity index (χ1v) is 9.74. The van der Waals surface area contributed by atoms with Crippen LogP contribution in [-0.2, 0) is 9.53 Å². The summed E-state index contributed by atoms with van der Waals surface area (Å²) in [5, 5.41) is 3.45. The van der Waals surface area contributed by atoms with Gasteiger partial charge in [-0.3, -0.25) is 4.79 Å². The number of hydrogen-bond donors (Lipinski definition) is 1. The molecule has 1 unspecified atom stereocenters. The summed E-state index contributed by atoms with van der Waals surface area (Å²) in [7, 11) is 0. The van der Waals surface area contributed by atoms with E-state index in [9.17, 15) is 9.59 Å². The highest BCUT2D eigenvalue weighted by molar-refractivity contribution is 6.33. The second-order valence-corrected chi connectivity index (χ2v) is 8.54. The Morgan fingerprint density at radius 1 is 1.11 bits per heavy atom. The average Bonchev–Trinajstić information content (AvgIpc) is 2.58. The van der Waals surface area contributed by atoms with Gasteiger partial charge < -0.3 is 19.9 Å². The summed E-state index contributed by atoms with van der Waals surface area (Å²) < 4.78 is 5.30. The summed E-state index contributed by atoms with van der Waals surface area (Å²) in [5.41, 5.74) is 0.383. The third-order valence-corrected chi connectivity index (χ3v) is 4.71. The van der Waals surface area contributed by atoms with E-state index in [1.807, 2.05) is 38.1 Å². The van der Waals surface area contributed by atoms with Crippen LogP contribution in [0.2, 0.25) is 5.02 Å². The van der Waals surface area contributed by atoms with Gasteiger partial charge in [0.15, 0.2) is 0 Å². The first-order valence-electron chi connectivity index (χ1n) is 9.36. The highest BCUT2D eigenvalue weighted by Crippen LogP contribution is 2.26. The Labute approximate surface area is 166 Å². The molecule has 7 heteroatoms. The minimum absolute atomic E-state index is 0.0355. The van der Waals surface area contributed by atoms with E-state index < -0.39 is 17.7 Å². The molecule has 2 amide bonds. The predicted molar refractivity (Wildman–Crippen MR) is 108 cm³/mol. The molecule has 1 saturated heterocycles. The number of carbonyl (C=O) groups excluding carboxylic acids is 2. The zero-order valence-corrected chi connectivity index (χ0v) is 17.5. The predicted octanol–water partition coefficient (Wildman–Crippen LogP) is 3.54. The largest absolute Gasteiger partial charge is 0.444 e. The summed E-state index contributed by atoms with van der Waals surface area (Å²) in [6, 6.07) is 7.11. The number of carbonyl (C=O) groups is 2. The van der Waals surface area contributed by atoms with Gasteiger partial charge in [0.05, 0.1) is 10.7 Å². The third-order valence-electron chi connectivity index (χ3n) is 4.39. The lowest BCUT2D eigenvalue weighted by Crippen LogP contribution is -2.57. The van der Waals surface area contributed by atoms with Crippen LogP contribution in [0.5, 0.6) is 0 Å². The molecule has 27 heavy (non-hydrogen) atoms. The van der Waals surface area contributed by atoms with E-state index >= 15 is 0 Å². The summed E-state index contributed by atoms with van der Waals surface area (Å²) >= 11 is 6.27. The van der Waals surface area contributed by atoms with E-state index in [1.165, 1.54) is 0 Å². The molecule has 1 N–H and O–H groups in total. The van der Waals surface area contributed by atoms with Crippen molar-refractivity contribution in [2.24, 2.45) is 5.92 Å². The van der Waals surface area contributed by atoms with Crippen LogP contribution in [0.1, 0.15) is 34.6 Å². The van der Waals surface area contributed by atoms with E-state index in [0.717, 1.165) is 5.69 Å². The molecule has 0 saturated carbocycles. The maximum Gasteiger partial charge on any atom is 0.408 e. The van der Waals surface area contributed by atoms with E-state index in [4.69, 9.17) is 16.3 Å². The van der Waals surface area contributed by atoms with Crippen molar-refractivity contribution in [2.75, 3.05) is 31.1 Å². The molecule has 0 bridgehead atoms. The lowest BCUT2D eigenvalue weighted by molar-refractivity contribution is -0.134. The third kappa shape index (κ3) is 6.03. The van der Waals surface area contributed by atoms with Gasteiger partial charge >= 0.3 is 6.09 Å². The van der Waals surface area contributed by atoms with Gasteiger partial charge in [0.25, 0.3) is 0 Å². The summed E-state index contributed by atoms with van der Waals surface area (Å²) in [4.78, 5) is 29.0. The average molecular weight is 396 g/mol. The van der Waals surface area contributed by atoms with E-state index in [-0.39, 0.29) is 11.8 Å². The number of alkyl carbamates (subject to hydrolysis) is 1. The standard InChI is InChI=1S/C20H30ClN3O3/c1-14(2)17(22-19(26)27-20(3,4)5)18(25)24-12-10-23(11-13-24)16-9-7-6-8-15(16)21/h6-9,14,17H,10-13H2,1-5H3,(H,22,26). The molecule has 150 valence electrons. The van der Waals surface area contributed by atoms with Gasteiger partial charge in [0.1, 0.15) is 11.6 Å². The lowest BCUT2D eigenvalue weighted by Gasteiger charge is -2.38. The number of rotatable bonds is 4. The van der Waals surface area contributed by atoms with Gasteiger partial charge in [-0.05, 0) is 38.8 Å². The number of benzene rings is 1. The number of para-hydroxylation sites is 1. The summed E-state index contributed by atoms with van der Waals surface area (Å²) in [6.07, 6.45) is -0.566. The van der Waals surface area contributed by atoms with Crippen LogP contribution in [0.25, 0.3) is 0 Å². The Bertz CT molecular complexity index is 665. The monoisotopic (exact) mass is 395 g/mol. The number of anilines is 1. The molecule has 1 aliphatic heterocycles. The topological polar surface area (TPSA) is 61.9 Å². The van der Waals surface area contributed by atoms with Crippen molar-refractivity contribution < 1.29 is 14.3 Å². The molecule has 1 aliphatic rings. The maximum atomic E-state index is 13.0. The fourth-order valence-corrected chi connectivity index (χ4v) is 3.28. The van der Waals surface area contributed by atoms with Crippen molar-refractivity contribution in [1.29, 1.82) is 0 Å². The van der Waals surface area contributed by atoms with Crippen molar-refractivity contribution in [1.82, 2.24) is 10.2 Å². The highest BCUT2D eigenvalue weighted by atomic mass is 35.5. The minimum atomic E-state index is -0.605. The molecule has 0 spiro atoms. The van der Waals surface area contributed by atoms with Crippen LogP contribution in [-0.4, -0.2) is 54.7 Å². The van der Waals surface area contributed by atoms with Crippen LogP contribution in [0, 0.1) is 5.92 Å². The Morgan fingerprint density at radius 3 is 2.22 bits per heavy atom. The van der Waals surface area contributed by atoms with Crippen LogP contribution in [0.3, 0.4) is 0 Å². The molecule has 0 radical (unpaired) electrons. The molecule has 2 rings (SSSR count). The van der Waals surface area contributed by atoms with Crippen LogP contribution >= 0.6 is 11.6 Å². The molecule has 0 aliphatic carbocycles. The smallest absolute Gasteiger partial charge is 0.408 e. The first-order chi connectivity index (χ1) is 12.6. The lowest BCUT2D eigenvalue weighted by atomic mass is 10.0. The first kappa shape index (κ1) is 21.4. The Balaban J connectivity index is 1.97. The van der Waals surface area contributed by atoms with Gasteiger partial charge in [-0.15, -0.1) is 0 Å². The number of nitrogens with zero attached hydrogens (tertiary/aromatic N) is 2. The number of piperazine rings is 1. The van der Waals surface area contributed by atoms with Gasteiger partial charge in [0, 0.05) is 26.2 Å². The zero-order valence-electron chi connectivity index (χ0n) is 16.8. The van der Waals surface area contributed by atoms with Crippen LogP contribution in [0.15, 0.2) is 24.3 Å². The molecule has 1 aromatic carbocycles. The van der Waals surface area contributed by atoms with Gasteiger partial charge in [-0.1, -0.05) is 37.6 Å². The zero-order chi connectivity index (χ0) is 20.2. The Morgan fingerprint density at radius 2 is 1.70 bits per heavy atom. The van der Waals surface area contributed by atoms with Gasteiger partial charge in [-0.25, -0.2) is 4.79 Å². The fraction of sp³-hybridized carbons (Fsp3) is 0.600. The minimum Gasteiger partial charge on any atom is -0.444 e.